The van der Waals surface area contributed by atoms with E-state index in [1.54, 1.807) is 36.4 Å². The molecule has 0 bridgehead atoms. The number of carbonyl (C=O) groups excluding carboxylic acids is 2. The Morgan fingerprint density at radius 2 is 1.38 bits per heavy atom. The largest absolute Gasteiger partial charge is 0.331 e. The topological polar surface area (TPSA) is 82.3 Å². The van der Waals surface area contributed by atoms with Gasteiger partial charge in [-0.05, 0) is 55.5 Å². The molecule has 8 heteroatoms. The molecule has 2 rings (SSSR count). The molecule has 0 atom stereocenters. The second kappa shape index (κ2) is 8.28. The van der Waals surface area contributed by atoms with Gasteiger partial charge in [0.05, 0.1) is 0 Å². The Balaban J connectivity index is 1.79. The Hall–Kier alpha value is -2.64. The van der Waals surface area contributed by atoms with Gasteiger partial charge in [0.25, 0.3) is 0 Å². The smallest absolute Gasteiger partial charge is 0.328 e. The van der Waals surface area contributed by atoms with Gasteiger partial charge in [-0.15, -0.1) is 0 Å². The highest BCUT2D eigenvalue weighted by Gasteiger charge is 2.13. The number of amides is 2. The van der Waals surface area contributed by atoms with E-state index in [2.05, 4.69) is 21.5 Å². The lowest BCUT2D eigenvalue weighted by molar-refractivity contribution is -0.136. The molecule has 24 heavy (non-hydrogen) atoms. The summed E-state index contributed by atoms with van der Waals surface area (Å²) >= 11 is 10.8. The van der Waals surface area contributed by atoms with Gasteiger partial charge >= 0.3 is 11.8 Å². The number of anilines is 2. The molecule has 6 nitrogen and oxygen atoms in total. The van der Waals surface area contributed by atoms with Crippen LogP contribution in [0, 0.1) is 6.92 Å². The molecule has 0 aliphatic heterocycles. The third-order valence-electron chi connectivity index (χ3n) is 2.91. The van der Waals surface area contributed by atoms with E-state index in [4.69, 9.17) is 23.8 Å². The zero-order chi connectivity index (χ0) is 17.5. The number of hydrogen-bond acceptors (Lipinski definition) is 3. The maximum Gasteiger partial charge on any atom is 0.328 e. The quantitative estimate of drug-likeness (QED) is 0.375. The van der Waals surface area contributed by atoms with E-state index in [9.17, 15) is 9.59 Å². The summed E-state index contributed by atoms with van der Waals surface area (Å²) in [6, 6.07) is 13.9. The molecule has 0 radical (unpaired) electrons. The molecule has 0 fully saturated rings. The first kappa shape index (κ1) is 17.7. The number of hydrazine groups is 1. The Bertz CT molecular complexity index is 748. The minimum atomic E-state index is -0.865. The lowest BCUT2D eigenvalue weighted by Crippen LogP contribution is -2.48. The SMILES string of the molecule is Cc1ccc(NC(=O)C(=O)NNC(=S)Nc2ccc(Cl)cc2)cc1. The number of hydrogen-bond donors (Lipinski definition) is 4. The first-order chi connectivity index (χ1) is 11.4. The summed E-state index contributed by atoms with van der Waals surface area (Å²) in [5.74, 6) is -1.67. The third-order valence-corrected chi connectivity index (χ3v) is 3.36. The zero-order valence-electron chi connectivity index (χ0n) is 12.7. The van der Waals surface area contributed by atoms with Crippen molar-refractivity contribution in [1.29, 1.82) is 0 Å². The van der Waals surface area contributed by atoms with Crippen molar-refractivity contribution in [3.05, 3.63) is 59.1 Å². The molecule has 2 aromatic carbocycles. The number of rotatable bonds is 2. The van der Waals surface area contributed by atoms with Crippen molar-refractivity contribution in [3.63, 3.8) is 0 Å². The Kier molecular flexibility index (Phi) is 6.11. The molecule has 0 heterocycles. The van der Waals surface area contributed by atoms with Gasteiger partial charge in [-0.2, -0.15) is 0 Å². The maximum absolute atomic E-state index is 11.8. The van der Waals surface area contributed by atoms with Crippen molar-refractivity contribution in [2.75, 3.05) is 10.6 Å². The van der Waals surface area contributed by atoms with E-state index in [-0.39, 0.29) is 5.11 Å². The predicted octanol–water partition coefficient (Wildman–Crippen LogP) is 2.60. The molecule has 0 saturated heterocycles. The fraction of sp³-hybridized carbons (Fsp3) is 0.0625. The zero-order valence-corrected chi connectivity index (χ0v) is 14.3. The number of thiocarbonyl (C=S) groups is 1. The van der Waals surface area contributed by atoms with Crippen molar-refractivity contribution in [2.24, 2.45) is 0 Å². The van der Waals surface area contributed by atoms with Crippen LogP contribution >= 0.6 is 23.8 Å². The minimum absolute atomic E-state index is 0.133. The molecule has 124 valence electrons. The number of halogens is 1. The van der Waals surface area contributed by atoms with Gasteiger partial charge in [-0.1, -0.05) is 29.3 Å². The second-order valence-corrected chi connectivity index (χ2v) is 5.70. The van der Waals surface area contributed by atoms with Gasteiger partial charge in [-0.25, -0.2) is 0 Å². The highest BCUT2D eigenvalue weighted by molar-refractivity contribution is 7.80. The van der Waals surface area contributed by atoms with E-state index >= 15 is 0 Å². The van der Waals surface area contributed by atoms with E-state index in [0.29, 0.717) is 16.4 Å². The van der Waals surface area contributed by atoms with Gasteiger partial charge in [0.1, 0.15) is 0 Å². The predicted molar refractivity (Wildman–Crippen MR) is 98.8 cm³/mol. The molecule has 0 aliphatic rings. The number of aryl methyl sites for hydroxylation is 1. The van der Waals surface area contributed by atoms with Crippen LogP contribution in [0.25, 0.3) is 0 Å². The van der Waals surface area contributed by atoms with Crippen LogP contribution in [-0.4, -0.2) is 16.9 Å². The Labute approximate surface area is 149 Å². The van der Waals surface area contributed by atoms with Crippen molar-refractivity contribution >= 4 is 52.1 Å². The van der Waals surface area contributed by atoms with Crippen molar-refractivity contribution < 1.29 is 9.59 Å². The maximum atomic E-state index is 11.8. The van der Waals surface area contributed by atoms with Crippen molar-refractivity contribution in [1.82, 2.24) is 10.9 Å². The normalized spacial score (nSPS) is 9.75. The van der Waals surface area contributed by atoms with Crippen LogP contribution in [0.15, 0.2) is 48.5 Å². The third kappa shape index (κ3) is 5.53. The van der Waals surface area contributed by atoms with Crippen LogP contribution in [0.5, 0.6) is 0 Å². The van der Waals surface area contributed by atoms with Crippen LogP contribution in [-0.2, 0) is 9.59 Å². The highest BCUT2D eigenvalue weighted by Crippen LogP contribution is 2.13. The Morgan fingerprint density at radius 3 is 2.00 bits per heavy atom. The molecular weight excluding hydrogens is 348 g/mol. The molecule has 0 unspecified atom stereocenters. The van der Waals surface area contributed by atoms with Gasteiger partial charge in [0.15, 0.2) is 5.11 Å². The molecule has 2 amide bonds. The molecule has 2 aromatic rings. The van der Waals surface area contributed by atoms with Crippen LogP contribution < -0.4 is 21.5 Å². The first-order valence-electron chi connectivity index (χ1n) is 6.94. The summed E-state index contributed by atoms with van der Waals surface area (Å²) in [5.41, 5.74) is 6.94. The molecule has 0 aromatic heterocycles. The van der Waals surface area contributed by atoms with Crippen molar-refractivity contribution in [3.8, 4) is 0 Å². The standard InChI is InChI=1S/C16H15ClN4O2S/c1-10-2-6-12(7-3-10)18-14(22)15(23)20-21-16(24)19-13-8-4-11(17)5-9-13/h2-9H,1H3,(H,18,22)(H,20,23)(H2,19,21,24). The summed E-state index contributed by atoms with van der Waals surface area (Å²) in [4.78, 5) is 23.5. The van der Waals surface area contributed by atoms with E-state index in [0.717, 1.165) is 5.56 Å². The van der Waals surface area contributed by atoms with Crippen molar-refractivity contribution in [2.45, 2.75) is 6.92 Å². The number of nitrogens with one attached hydrogen (secondary N) is 4. The summed E-state index contributed by atoms with van der Waals surface area (Å²) in [6.07, 6.45) is 0. The lowest BCUT2D eigenvalue weighted by atomic mass is 10.2. The minimum Gasteiger partial charge on any atom is -0.331 e. The molecular formula is C16H15ClN4O2S. The Morgan fingerprint density at radius 1 is 0.833 bits per heavy atom. The van der Waals surface area contributed by atoms with Gasteiger partial charge in [0, 0.05) is 16.4 Å². The lowest BCUT2D eigenvalue weighted by Gasteiger charge is -2.11. The van der Waals surface area contributed by atoms with Gasteiger partial charge in [0.2, 0.25) is 0 Å². The van der Waals surface area contributed by atoms with Gasteiger partial charge in [-0.3, -0.25) is 20.4 Å². The summed E-state index contributed by atoms with van der Waals surface area (Å²) in [7, 11) is 0. The van der Waals surface area contributed by atoms with Crippen LogP contribution in [0.3, 0.4) is 0 Å². The fourth-order valence-electron chi connectivity index (χ4n) is 1.69. The van der Waals surface area contributed by atoms with Crippen LogP contribution in [0.2, 0.25) is 5.02 Å². The van der Waals surface area contributed by atoms with Gasteiger partial charge < -0.3 is 10.6 Å². The molecule has 0 saturated carbocycles. The summed E-state index contributed by atoms with van der Waals surface area (Å²) < 4.78 is 0. The molecule has 0 aliphatic carbocycles. The second-order valence-electron chi connectivity index (χ2n) is 4.86. The highest BCUT2D eigenvalue weighted by atomic mass is 35.5. The van der Waals surface area contributed by atoms with E-state index in [1.807, 2.05) is 19.1 Å². The average molecular weight is 363 g/mol. The number of carbonyl (C=O) groups is 2. The van der Waals surface area contributed by atoms with Crippen LogP contribution in [0.4, 0.5) is 11.4 Å². The molecule has 4 N–H and O–H groups in total. The van der Waals surface area contributed by atoms with E-state index in [1.165, 1.54) is 0 Å². The van der Waals surface area contributed by atoms with Crippen LogP contribution in [0.1, 0.15) is 5.56 Å². The first-order valence-corrected chi connectivity index (χ1v) is 7.73. The fourth-order valence-corrected chi connectivity index (χ4v) is 1.99. The number of benzene rings is 2. The summed E-state index contributed by atoms with van der Waals surface area (Å²) in [5, 5.41) is 6.04. The summed E-state index contributed by atoms with van der Waals surface area (Å²) in [6.45, 7) is 1.93. The molecule has 0 spiro atoms. The average Bonchev–Trinajstić information content (AvgIpc) is 2.57. The monoisotopic (exact) mass is 362 g/mol. The van der Waals surface area contributed by atoms with E-state index < -0.39 is 11.8 Å².